The van der Waals surface area contributed by atoms with Crippen LogP contribution in [0.3, 0.4) is 0 Å². The smallest absolute Gasteiger partial charge is 0.188 e. The van der Waals surface area contributed by atoms with E-state index in [1.807, 2.05) is 37.4 Å². The van der Waals surface area contributed by atoms with E-state index in [1.54, 1.807) is 12.4 Å². The molecule has 0 radical (unpaired) electrons. The number of aryl methyl sites for hydroxylation is 2. The van der Waals surface area contributed by atoms with Crippen LogP contribution in [0.2, 0.25) is 0 Å². The average Bonchev–Trinajstić information content (AvgIpc) is 3.45. The number of H-pyrrole nitrogens is 2. The van der Waals surface area contributed by atoms with E-state index < -0.39 is 0 Å². The molecule has 2 N–H and O–H groups in total. The number of Topliss-reactive ketones (excluding diaryl/α,β-unsaturated/α-hetero) is 1. The van der Waals surface area contributed by atoms with Crippen molar-refractivity contribution in [3.63, 3.8) is 0 Å². The summed E-state index contributed by atoms with van der Waals surface area (Å²) in [6, 6.07) is 7.76. The van der Waals surface area contributed by atoms with Crippen LogP contribution in [-0.4, -0.2) is 36.1 Å². The highest BCUT2D eigenvalue weighted by atomic mass is 16.1. The maximum atomic E-state index is 13.3. The van der Waals surface area contributed by atoms with Gasteiger partial charge in [-0.3, -0.25) is 20.0 Å². The molecule has 6 rings (SSSR count). The minimum absolute atomic E-state index is 0.0175. The Morgan fingerprint density at radius 1 is 1.03 bits per heavy atom. The Hall–Kier alpha value is -3.87. The lowest BCUT2D eigenvalue weighted by Crippen LogP contribution is -2.09. The zero-order valence-corrected chi connectivity index (χ0v) is 17.8. The summed E-state index contributed by atoms with van der Waals surface area (Å²) in [4.78, 5) is 22.5. The van der Waals surface area contributed by atoms with Crippen LogP contribution >= 0.6 is 0 Å². The van der Waals surface area contributed by atoms with Crippen molar-refractivity contribution in [2.75, 3.05) is 0 Å². The van der Waals surface area contributed by atoms with Gasteiger partial charge in [0.05, 0.1) is 22.9 Å². The highest BCUT2D eigenvalue weighted by Crippen LogP contribution is 2.39. The number of nitrogens with zero attached hydrogens (tertiary/aromatic N) is 4. The molecule has 0 fully saturated rings. The summed E-state index contributed by atoms with van der Waals surface area (Å²) in [5, 5.41) is 16.7. The maximum Gasteiger partial charge on any atom is 0.188 e. The minimum atomic E-state index is -0.0175. The Labute approximate surface area is 184 Å². The maximum absolute atomic E-state index is 13.3. The normalized spacial score (nSPS) is 13.5. The second kappa shape index (κ2) is 7.37. The first-order valence-corrected chi connectivity index (χ1v) is 11.0. The zero-order chi connectivity index (χ0) is 21.7. The molecule has 158 valence electrons. The van der Waals surface area contributed by atoms with Gasteiger partial charge in [-0.1, -0.05) is 6.07 Å². The quantitative estimate of drug-likeness (QED) is 0.415. The number of carbonyl (C=O) groups excluding carboxylic acids is 1. The number of hydrogen-bond acceptors (Lipinski definition) is 5. The van der Waals surface area contributed by atoms with Crippen molar-refractivity contribution in [3.8, 4) is 11.3 Å². The molecule has 4 aromatic heterocycles. The number of aromatic nitrogens is 6. The summed E-state index contributed by atoms with van der Waals surface area (Å²) in [7, 11) is 0. The van der Waals surface area contributed by atoms with Gasteiger partial charge in [0.15, 0.2) is 5.78 Å². The number of hydrogen-bond donors (Lipinski definition) is 2. The molecule has 1 aromatic carbocycles. The fraction of sp³-hybridized carbons (Fsp3) is 0.240. The summed E-state index contributed by atoms with van der Waals surface area (Å²) in [6.07, 6.45) is 9.78. The van der Waals surface area contributed by atoms with Crippen LogP contribution in [0.5, 0.6) is 0 Å². The first-order valence-electron chi connectivity index (χ1n) is 11.0. The summed E-state index contributed by atoms with van der Waals surface area (Å²) >= 11 is 0. The summed E-state index contributed by atoms with van der Waals surface area (Å²) in [6.45, 7) is 2.03. The van der Waals surface area contributed by atoms with Gasteiger partial charge in [0.2, 0.25) is 0 Å². The Morgan fingerprint density at radius 3 is 2.69 bits per heavy atom. The van der Waals surface area contributed by atoms with Gasteiger partial charge in [0.1, 0.15) is 5.69 Å². The van der Waals surface area contributed by atoms with Crippen molar-refractivity contribution >= 4 is 27.6 Å². The number of ketones is 1. The molecule has 0 spiro atoms. The van der Waals surface area contributed by atoms with Crippen LogP contribution in [0.1, 0.15) is 45.7 Å². The lowest BCUT2D eigenvalue weighted by Gasteiger charge is -2.21. The van der Waals surface area contributed by atoms with Crippen molar-refractivity contribution < 1.29 is 4.79 Å². The third-order valence-electron chi connectivity index (χ3n) is 6.43. The summed E-state index contributed by atoms with van der Waals surface area (Å²) < 4.78 is 0. The number of rotatable bonds is 4. The molecule has 1 aliphatic rings. The number of aromatic amines is 2. The van der Waals surface area contributed by atoms with Crippen LogP contribution in [0.25, 0.3) is 33.1 Å². The molecule has 7 nitrogen and oxygen atoms in total. The van der Waals surface area contributed by atoms with Crippen molar-refractivity contribution in [2.45, 2.75) is 39.0 Å². The van der Waals surface area contributed by atoms with Crippen LogP contribution in [0, 0.1) is 6.92 Å². The summed E-state index contributed by atoms with van der Waals surface area (Å²) in [5.41, 5.74) is 8.76. The third-order valence-corrected chi connectivity index (χ3v) is 6.43. The largest absolute Gasteiger partial charge is 0.292 e. The fourth-order valence-electron chi connectivity index (χ4n) is 4.92. The molecule has 32 heavy (non-hydrogen) atoms. The zero-order valence-electron chi connectivity index (χ0n) is 17.8. The van der Waals surface area contributed by atoms with Gasteiger partial charge >= 0.3 is 0 Å². The van der Waals surface area contributed by atoms with E-state index in [2.05, 4.69) is 25.4 Å². The Kier molecular flexibility index (Phi) is 4.35. The monoisotopic (exact) mass is 422 g/mol. The van der Waals surface area contributed by atoms with E-state index >= 15 is 0 Å². The lowest BCUT2D eigenvalue weighted by atomic mass is 9.85. The van der Waals surface area contributed by atoms with Gasteiger partial charge in [-0.05, 0) is 67.5 Å². The number of nitrogens with one attached hydrogen (secondary N) is 2. The lowest BCUT2D eigenvalue weighted by molar-refractivity contribution is 0.0989. The third kappa shape index (κ3) is 2.92. The standard InChI is InChI=1S/C25H22N6O/c1-14-18(13-27-29-14)24-17-7-3-2-6-16(17)22-19(28-24)8-9-20-23(22)25(31-30-20)21(32)11-15-5-4-10-26-12-15/h4-5,8-10,12-13H,2-3,6-7,11H2,1H3,(H,27,29)(H,30,31). The highest BCUT2D eigenvalue weighted by Gasteiger charge is 2.25. The Balaban J connectivity index is 1.59. The second-order valence-electron chi connectivity index (χ2n) is 8.45. The molecule has 7 heteroatoms. The Morgan fingerprint density at radius 2 is 1.91 bits per heavy atom. The van der Waals surface area contributed by atoms with Crippen molar-refractivity contribution in [1.29, 1.82) is 0 Å². The molecular formula is C25H22N6O. The van der Waals surface area contributed by atoms with E-state index in [9.17, 15) is 4.79 Å². The van der Waals surface area contributed by atoms with E-state index in [-0.39, 0.29) is 12.2 Å². The molecule has 0 unspecified atom stereocenters. The first-order chi connectivity index (χ1) is 15.7. The molecule has 0 aliphatic heterocycles. The molecule has 0 saturated heterocycles. The van der Waals surface area contributed by atoms with E-state index in [0.717, 1.165) is 70.0 Å². The van der Waals surface area contributed by atoms with Crippen LogP contribution < -0.4 is 0 Å². The number of pyridine rings is 2. The van der Waals surface area contributed by atoms with Gasteiger partial charge in [-0.2, -0.15) is 10.2 Å². The van der Waals surface area contributed by atoms with Crippen LogP contribution in [0.4, 0.5) is 0 Å². The van der Waals surface area contributed by atoms with Gasteiger partial charge < -0.3 is 0 Å². The number of carbonyl (C=O) groups is 1. The van der Waals surface area contributed by atoms with Crippen LogP contribution in [0.15, 0.2) is 42.9 Å². The van der Waals surface area contributed by atoms with E-state index in [1.165, 1.54) is 11.1 Å². The Bertz CT molecular complexity index is 1480. The molecule has 5 aromatic rings. The topological polar surface area (TPSA) is 100 Å². The summed E-state index contributed by atoms with van der Waals surface area (Å²) in [5.74, 6) is -0.0175. The van der Waals surface area contributed by atoms with E-state index in [0.29, 0.717) is 5.69 Å². The SMILES string of the molecule is Cc1[nH]ncc1-c1nc2ccc3[nH]nc(C(=O)Cc4cccnc4)c3c2c2c1CCCC2. The number of benzene rings is 1. The minimum Gasteiger partial charge on any atom is -0.292 e. The van der Waals surface area contributed by atoms with Gasteiger partial charge in [0, 0.05) is 40.8 Å². The molecule has 4 heterocycles. The molecule has 0 bridgehead atoms. The predicted molar refractivity (Wildman–Crippen MR) is 123 cm³/mol. The van der Waals surface area contributed by atoms with Crippen LogP contribution in [-0.2, 0) is 19.3 Å². The highest BCUT2D eigenvalue weighted by molar-refractivity contribution is 6.17. The predicted octanol–water partition coefficient (Wildman–Crippen LogP) is 4.51. The van der Waals surface area contributed by atoms with Gasteiger partial charge in [-0.25, -0.2) is 4.98 Å². The van der Waals surface area contributed by atoms with Crippen molar-refractivity contribution in [1.82, 2.24) is 30.4 Å². The fourth-order valence-corrected chi connectivity index (χ4v) is 4.92. The van der Waals surface area contributed by atoms with Crippen molar-refractivity contribution in [3.05, 3.63) is 70.9 Å². The average molecular weight is 422 g/mol. The van der Waals surface area contributed by atoms with Gasteiger partial charge in [0.25, 0.3) is 0 Å². The molecule has 0 atom stereocenters. The molecule has 0 amide bonds. The first kappa shape index (κ1) is 18.9. The second-order valence-corrected chi connectivity index (χ2v) is 8.45. The molecular weight excluding hydrogens is 400 g/mol. The van der Waals surface area contributed by atoms with Gasteiger partial charge in [-0.15, -0.1) is 0 Å². The number of fused-ring (bicyclic) bond motifs is 5. The van der Waals surface area contributed by atoms with E-state index in [4.69, 9.17) is 4.98 Å². The van der Waals surface area contributed by atoms with Crippen molar-refractivity contribution in [2.24, 2.45) is 0 Å². The molecule has 1 aliphatic carbocycles. The molecule has 0 saturated carbocycles.